The molecule has 5 nitrogen and oxygen atoms in total. The molecule has 2 heterocycles. The van der Waals surface area contributed by atoms with Crippen LogP contribution in [0.15, 0.2) is 0 Å². The van der Waals surface area contributed by atoms with Crippen LogP contribution < -0.4 is 0 Å². The Bertz CT molecular complexity index is 317. The molecule has 1 aliphatic carbocycles. The Kier molecular flexibility index (Phi) is 3.67. The zero-order valence-electron chi connectivity index (χ0n) is 11.3. The van der Waals surface area contributed by atoms with E-state index in [0.29, 0.717) is 0 Å². The van der Waals surface area contributed by atoms with E-state index >= 15 is 0 Å². The summed E-state index contributed by atoms with van der Waals surface area (Å²) in [4.78, 5) is 13.1. The SMILES string of the molecule is CC(C)(C)OC(O)N1C2CCC(CC2)C1C(=O)O. The molecule has 2 atom stereocenters. The average molecular weight is 257 g/mol. The lowest BCUT2D eigenvalue weighted by Crippen LogP contribution is -2.63. The highest BCUT2D eigenvalue weighted by atomic mass is 16.6. The van der Waals surface area contributed by atoms with Gasteiger partial charge >= 0.3 is 5.97 Å². The zero-order valence-corrected chi connectivity index (χ0v) is 11.3. The lowest BCUT2D eigenvalue weighted by molar-refractivity contribution is -0.276. The average Bonchev–Trinajstić information content (AvgIpc) is 2.26. The van der Waals surface area contributed by atoms with Gasteiger partial charge < -0.3 is 14.9 Å². The fraction of sp³-hybridized carbons (Fsp3) is 0.923. The van der Waals surface area contributed by atoms with E-state index in [2.05, 4.69) is 0 Å². The quantitative estimate of drug-likeness (QED) is 0.748. The smallest absolute Gasteiger partial charge is 0.321 e. The van der Waals surface area contributed by atoms with E-state index in [-0.39, 0.29) is 12.0 Å². The fourth-order valence-corrected chi connectivity index (χ4v) is 3.21. The number of aliphatic carboxylic acids is 1. The van der Waals surface area contributed by atoms with Crippen molar-refractivity contribution >= 4 is 5.97 Å². The lowest BCUT2D eigenvalue weighted by atomic mass is 9.75. The van der Waals surface area contributed by atoms with Crippen LogP contribution in [0.2, 0.25) is 0 Å². The molecule has 3 fully saturated rings. The summed E-state index contributed by atoms with van der Waals surface area (Å²) in [7, 11) is 0. The second kappa shape index (κ2) is 4.79. The Morgan fingerprint density at radius 2 is 1.83 bits per heavy atom. The van der Waals surface area contributed by atoms with Crippen molar-refractivity contribution in [3.05, 3.63) is 0 Å². The molecule has 0 aromatic rings. The highest BCUT2D eigenvalue weighted by molar-refractivity contribution is 5.74. The molecule has 5 heteroatoms. The van der Waals surface area contributed by atoms with Crippen LogP contribution in [0.25, 0.3) is 0 Å². The van der Waals surface area contributed by atoms with Gasteiger partial charge in [0.25, 0.3) is 0 Å². The minimum Gasteiger partial charge on any atom is -0.480 e. The molecule has 18 heavy (non-hydrogen) atoms. The van der Waals surface area contributed by atoms with E-state index in [1.54, 1.807) is 4.90 Å². The molecule has 104 valence electrons. The van der Waals surface area contributed by atoms with E-state index in [4.69, 9.17) is 4.74 Å². The Hall–Kier alpha value is -0.650. The highest BCUT2D eigenvalue weighted by Crippen LogP contribution is 2.41. The minimum absolute atomic E-state index is 0.133. The van der Waals surface area contributed by atoms with Gasteiger partial charge in [-0.05, 0) is 52.4 Å². The van der Waals surface area contributed by atoms with Crippen LogP contribution in [0.3, 0.4) is 0 Å². The van der Waals surface area contributed by atoms with Crippen LogP contribution in [0.5, 0.6) is 0 Å². The first-order chi connectivity index (χ1) is 8.29. The molecule has 2 bridgehead atoms. The van der Waals surface area contributed by atoms with Gasteiger partial charge in [0.1, 0.15) is 6.04 Å². The van der Waals surface area contributed by atoms with Gasteiger partial charge in [-0.15, -0.1) is 0 Å². The number of rotatable bonds is 3. The predicted octanol–water partition coefficient (Wildman–Crippen LogP) is 1.41. The topological polar surface area (TPSA) is 70.0 Å². The van der Waals surface area contributed by atoms with Crippen molar-refractivity contribution in [2.45, 2.75) is 70.6 Å². The summed E-state index contributed by atoms with van der Waals surface area (Å²) in [5.74, 6) is -0.702. The van der Waals surface area contributed by atoms with E-state index in [1.165, 1.54) is 0 Å². The van der Waals surface area contributed by atoms with Gasteiger partial charge in [-0.1, -0.05) is 0 Å². The molecule has 0 aromatic carbocycles. The van der Waals surface area contributed by atoms with Crippen molar-refractivity contribution in [3.8, 4) is 0 Å². The number of hydrogen-bond donors (Lipinski definition) is 2. The maximum absolute atomic E-state index is 11.4. The fourth-order valence-electron chi connectivity index (χ4n) is 3.21. The van der Waals surface area contributed by atoms with Crippen LogP contribution in [0.4, 0.5) is 0 Å². The largest absolute Gasteiger partial charge is 0.480 e. The Morgan fingerprint density at radius 1 is 1.28 bits per heavy atom. The van der Waals surface area contributed by atoms with Crippen LogP contribution in [0, 0.1) is 5.92 Å². The monoisotopic (exact) mass is 257 g/mol. The molecule has 2 aliphatic heterocycles. The molecule has 0 spiro atoms. The maximum atomic E-state index is 11.4. The van der Waals surface area contributed by atoms with Gasteiger partial charge in [0, 0.05) is 6.04 Å². The summed E-state index contributed by atoms with van der Waals surface area (Å²) in [6, 6.07) is -0.469. The molecule has 3 aliphatic rings. The Balaban J connectivity index is 2.15. The maximum Gasteiger partial charge on any atom is 0.321 e. The van der Waals surface area contributed by atoms with Crippen molar-refractivity contribution in [1.82, 2.24) is 4.90 Å². The number of aliphatic hydroxyl groups excluding tert-OH is 1. The molecular weight excluding hydrogens is 234 g/mol. The molecule has 0 amide bonds. The highest BCUT2D eigenvalue weighted by Gasteiger charge is 2.48. The van der Waals surface area contributed by atoms with Crippen LogP contribution in [-0.2, 0) is 9.53 Å². The predicted molar refractivity (Wildman–Crippen MR) is 65.9 cm³/mol. The normalized spacial score (nSPS) is 34.6. The van der Waals surface area contributed by atoms with Crippen LogP contribution in [0.1, 0.15) is 46.5 Å². The van der Waals surface area contributed by atoms with Gasteiger partial charge in [-0.25, -0.2) is 4.90 Å². The van der Waals surface area contributed by atoms with Gasteiger partial charge in [0.15, 0.2) is 0 Å². The number of fused-ring (bicyclic) bond motifs is 3. The summed E-state index contributed by atoms with van der Waals surface area (Å²) in [5.41, 5.74) is -0.487. The van der Waals surface area contributed by atoms with Crippen LogP contribution >= 0.6 is 0 Å². The molecule has 1 saturated carbocycles. The van der Waals surface area contributed by atoms with Crippen molar-refractivity contribution in [3.63, 3.8) is 0 Å². The van der Waals surface area contributed by atoms with E-state index in [9.17, 15) is 15.0 Å². The van der Waals surface area contributed by atoms with Gasteiger partial charge in [0.05, 0.1) is 5.60 Å². The van der Waals surface area contributed by atoms with Gasteiger partial charge in [-0.2, -0.15) is 0 Å². The van der Waals surface area contributed by atoms with E-state index < -0.39 is 24.0 Å². The number of piperidine rings is 2. The molecule has 0 radical (unpaired) electrons. The second-order valence-electron chi connectivity index (χ2n) is 6.36. The molecule has 0 aromatic heterocycles. The molecule has 3 rings (SSSR count). The Morgan fingerprint density at radius 3 is 2.28 bits per heavy atom. The zero-order chi connectivity index (χ0) is 13.5. The van der Waals surface area contributed by atoms with Crippen LogP contribution in [-0.4, -0.2) is 45.2 Å². The first-order valence-electron chi connectivity index (χ1n) is 6.66. The molecule has 2 N–H and O–H groups in total. The van der Waals surface area contributed by atoms with Gasteiger partial charge in [-0.3, -0.25) is 4.79 Å². The summed E-state index contributed by atoms with van der Waals surface area (Å²) >= 11 is 0. The van der Waals surface area contributed by atoms with Crippen molar-refractivity contribution in [1.29, 1.82) is 0 Å². The van der Waals surface area contributed by atoms with E-state index in [0.717, 1.165) is 25.7 Å². The number of ether oxygens (including phenoxy) is 1. The Labute approximate surface area is 108 Å². The van der Waals surface area contributed by atoms with E-state index in [1.807, 2.05) is 20.8 Å². The summed E-state index contributed by atoms with van der Waals surface area (Å²) in [6.45, 7) is 5.57. The minimum atomic E-state index is -1.13. The number of carboxylic acid groups (broad SMARTS) is 1. The first-order valence-corrected chi connectivity index (χ1v) is 6.66. The van der Waals surface area contributed by atoms with Crippen molar-refractivity contribution in [2.24, 2.45) is 5.92 Å². The number of hydrogen-bond acceptors (Lipinski definition) is 4. The summed E-state index contributed by atoms with van der Waals surface area (Å²) in [5, 5.41) is 19.6. The number of nitrogens with zero attached hydrogens (tertiary/aromatic N) is 1. The third kappa shape index (κ3) is 2.68. The van der Waals surface area contributed by atoms with Crippen molar-refractivity contribution < 1.29 is 19.7 Å². The number of aliphatic hydroxyl groups is 1. The third-order valence-electron chi connectivity index (χ3n) is 3.90. The van der Waals surface area contributed by atoms with Crippen molar-refractivity contribution in [2.75, 3.05) is 0 Å². The van der Waals surface area contributed by atoms with Gasteiger partial charge in [0.2, 0.25) is 6.41 Å². The number of carboxylic acids is 1. The molecule has 2 unspecified atom stereocenters. The molecule has 2 saturated heterocycles. The third-order valence-corrected chi connectivity index (χ3v) is 3.90. The molecular formula is C13H23NO4. The first kappa shape index (κ1) is 13.8. The summed E-state index contributed by atoms with van der Waals surface area (Å²) in [6.07, 6.45) is 2.68. The number of carbonyl (C=O) groups is 1. The summed E-state index contributed by atoms with van der Waals surface area (Å²) < 4.78 is 5.53. The lowest BCUT2D eigenvalue weighted by Gasteiger charge is -2.51. The standard InChI is InChI=1S/C13H23NO4/c1-13(2,3)18-12(17)14-9-6-4-8(5-7-9)10(14)11(15)16/h8-10,12,17H,4-7H2,1-3H3,(H,15,16). The second-order valence-corrected chi connectivity index (χ2v) is 6.36.